The fraction of sp³-hybridized carbons (Fsp3) is 0.533. The Labute approximate surface area is 121 Å². The van der Waals surface area contributed by atoms with Crippen LogP contribution in [0.2, 0.25) is 0 Å². The molecule has 1 saturated carbocycles. The van der Waals surface area contributed by atoms with Crippen LogP contribution in [0.3, 0.4) is 0 Å². The second-order valence-corrected chi connectivity index (χ2v) is 5.37. The molecule has 2 rings (SSSR count). The molecule has 6 heteroatoms. The van der Waals surface area contributed by atoms with Crippen LogP contribution in [0.1, 0.15) is 30.4 Å². The molecule has 1 N–H and O–H groups in total. The predicted octanol–water partition coefficient (Wildman–Crippen LogP) is 3.31. The number of aryl methyl sites for hydroxylation is 1. The molecule has 1 aliphatic rings. The molecular formula is C15H18F3NO2. The quantitative estimate of drug-likeness (QED) is 0.906. The molecule has 0 atom stereocenters. The molecule has 0 radical (unpaired) electrons. The Bertz CT molecular complexity index is 510. The third-order valence-electron chi connectivity index (χ3n) is 3.67. The number of hydrogen-bond acceptors (Lipinski definition) is 2. The number of amides is 1. The fourth-order valence-electron chi connectivity index (χ4n) is 2.14. The van der Waals surface area contributed by atoms with Crippen molar-refractivity contribution in [1.29, 1.82) is 0 Å². The van der Waals surface area contributed by atoms with Crippen LogP contribution in [-0.2, 0) is 11.0 Å². The fourth-order valence-corrected chi connectivity index (χ4v) is 2.14. The molecule has 0 bridgehead atoms. The topological polar surface area (TPSA) is 38.3 Å². The van der Waals surface area contributed by atoms with Crippen molar-refractivity contribution in [2.24, 2.45) is 5.92 Å². The molecule has 0 aliphatic heterocycles. The van der Waals surface area contributed by atoms with Gasteiger partial charge in [-0.25, -0.2) is 0 Å². The number of carbonyl (C=O) groups excluding carboxylic acids is 1. The maximum Gasteiger partial charge on any atom is 0.416 e. The van der Waals surface area contributed by atoms with Gasteiger partial charge in [0.1, 0.15) is 5.75 Å². The van der Waals surface area contributed by atoms with Crippen LogP contribution < -0.4 is 10.1 Å². The Kier molecular flexibility index (Phi) is 4.75. The summed E-state index contributed by atoms with van der Waals surface area (Å²) in [5.74, 6) is 0.602. The van der Waals surface area contributed by atoms with E-state index < -0.39 is 11.7 Å². The van der Waals surface area contributed by atoms with Crippen LogP contribution in [0.25, 0.3) is 0 Å². The molecule has 116 valence electrons. The van der Waals surface area contributed by atoms with Crippen LogP contribution in [0.4, 0.5) is 13.2 Å². The number of ether oxygens (including phenoxy) is 1. The normalized spacial score (nSPS) is 15.4. The van der Waals surface area contributed by atoms with Gasteiger partial charge in [0, 0.05) is 6.54 Å². The Balaban J connectivity index is 1.83. The summed E-state index contributed by atoms with van der Waals surface area (Å²) < 4.78 is 42.8. The third kappa shape index (κ3) is 4.37. The van der Waals surface area contributed by atoms with Crippen molar-refractivity contribution in [3.63, 3.8) is 0 Å². The number of nitrogens with one attached hydrogen (secondary N) is 1. The summed E-state index contributed by atoms with van der Waals surface area (Å²) in [6, 6.07) is 3.22. The second-order valence-electron chi connectivity index (χ2n) is 5.37. The summed E-state index contributed by atoms with van der Waals surface area (Å²) >= 11 is 0. The van der Waals surface area contributed by atoms with E-state index in [1.165, 1.54) is 19.4 Å². The Morgan fingerprint density at radius 3 is 2.62 bits per heavy atom. The van der Waals surface area contributed by atoms with E-state index in [1.54, 1.807) is 0 Å². The zero-order valence-electron chi connectivity index (χ0n) is 11.8. The number of benzene rings is 1. The largest absolute Gasteiger partial charge is 0.484 e. The molecule has 0 heterocycles. The lowest BCUT2D eigenvalue weighted by molar-refractivity contribution is -0.137. The van der Waals surface area contributed by atoms with Crippen molar-refractivity contribution in [1.82, 2.24) is 5.32 Å². The van der Waals surface area contributed by atoms with Gasteiger partial charge in [0.25, 0.3) is 5.91 Å². The summed E-state index contributed by atoms with van der Waals surface area (Å²) in [5.41, 5.74) is -0.363. The molecule has 0 unspecified atom stereocenters. The number of carbonyl (C=O) groups is 1. The van der Waals surface area contributed by atoms with E-state index in [4.69, 9.17) is 4.74 Å². The highest BCUT2D eigenvalue weighted by Crippen LogP contribution is 2.32. The van der Waals surface area contributed by atoms with Crippen molar-refractivity contribution in [2.75, 3.05) is 13.2 Å². The summed E-state index contributed by atoms with van der Waals surface area (Å²) in [6.07, 6.45) is -0.885. The SMILES string of the molecule is Cc1cc(C(F)(F)F)ccc1OCC(=O)NCC1CCC1. The van der Waals surface area contributed by atoms with Crippen molar-refractivity contribution >= 4 is 5.91 Å². The van der Waals surface area contributed by atoms with Crippen molar-refractivity contribution < 1.29 is 22.7 Å². The third-order valence-corrected chi connectivity index (χ3v) is 3.67. The minimum absolute atomic E-state index is 0.182. The average Bonchev–Trinajstić information content (AvgIpc) is 2.34. The van der Waals surface area contributed by atoms with Gasteiger partial charge in [-0.05, 0) is 49.4 Å². The summed E-state index contributed by atoms with van der Waals surface area (Å²) in [7, 11) is 0. The Hall–Kier alpha value is -1.72. The highest BCUT2D eigenvalue weighted by Gasteiger charge is 2.30. The van der Waals surface area contributed by atoms with Gasteiger partial charge in [0.15, 0.2) is 6.61 Å². The van der Waals surface area contributed by atoms with Gasteiger partial charge in [-0.15, -0.1) is 0 Å². The highest BCUT2D eigenvalue weighted by molar-refractivity contribution is 5.77. The van der Waals surface area contributed by atoms with E-state index >= 15 is 0 Å². The molecule has 3 nitrogen and oxygen atoms in total. The Morgan fingerprint density at radius 1 is 1.38 bits per heavy atom. The van der Waals surface area contributed by atoms with E-state index in [-0.39, 0.29) is 12.5 Å². The lowest BCUT2D eigenvalue weighted by Gasteiger charge is -2.25. The van der Waals surface area contributed by atoms with Gasteiger partial charge in [0.2, 0.25) is 0 Å². The molecule has 0 aromatic heterocycles. The molecule has 0 saturated heterocycles. The van der Waals surface area contributed by atoms with Crippen LogP contribution in [-0.4, -0.2) is 19.1 Å². The molecule has 0 spiro atoms. The lowest BCUT2D eigenvalue weighted by Crippen LogP contribution is -2.35. The second kappa shape index (κ2) is 6.37. The monoisotopic (exact) mass is 301 g/mol. The summed E-state index contributed by atoms with van der Waals surface area (Å²) in [4.78, 5) is 11.6. The number of alkyl halides is 3. The van der Waals surface area contributed by atoms with Gasteiger partial charge in [-0.3, -0.25) is 4.79 Å². The first-order valence-electron chi connectivity index (χ1n) is 6.93. The molecule has 1 amide bonds. The number of halogens is 3. The van der Waals surface area contributed by atoms with Crippen LogP contribution >= 0.6 is 0 Å². The summed E-state index contributed by atoms with van der Waals surface area (Å²) in [6.45, 7) is 1.99. The van der Waals surface area contributed by atoms with Gasteiger partial charge < -0.3 is 10.1 Å². The zero-order chi connectivity index (χ0) is 15.5. The van der Waals surface area contributed by atoms with Gasteiger partial charge in [-0.2, -0.15) is 13.2 Å². The molecule has 1 fully saturated rings. The Morgan fingerprint density at radius 2 is 2.10 bits per heavy atom. The van der Waals surface area contributed by atoms with Crippen molar-refractivity contribution in [3.8, 4) is 5.75 Å². The minimum atomic E-state index is -4.37. The number of hydrogen-bond donors (Lipinski definition) is 1. The van der Waals surface area contributed by atoms with E-state index in [0.717, 1.165) is 25.0 Å². The van der Waals surface area contributed by atoms with Crippen LogP contribution in [0, 0.1) is 12.8 Å². The van der Waals surface area contributed by atoms with Crippen molar-refractivity contribution in [3.05, 3.63) is 29.3 Å². The van der Waals surface area contributed by atoms with Gasteiger partial charge in [0.05, 0.1) is 5.56 Å². The predicted molar refractivity (Wildman–Crippen MR) is 72.0 cm³/mol. The van der Waals surface area contributed by atoms with E-state index in [1.807, 2.05) is 0 Å². The zero-order valence-corrected chi connectivity index (χ0v) is 11.8. The minimum Gasteiger partial charge on any atom is -0.484 e. The van der Waals surface area contributed by atoms with E-state index in [2.05, 4.69) is 5.32 Å². The van der Waals surface area contributed by atoms with Gasteiger partial charge >= 0.3 is 6.18 Å². The van der Waals surface area contributed by atoms with Gasteiger partial charge in [-0.1, -0.05) is 6.42 Å². The maximum absolute atomic E-state index is 12.5. The number of rotatable bonds is 5. The van der Waals surface area contributed by atoms with Crippen LogP contribution in [0.15, 0.2) is 18.2 Å². The smallest absolute Gasteiger partial charge is 0.416 e. The highest BCUT2D eigenvalue weighted by atomic mass is 19.4. The lowest BCUT2D eigenvalue weighted by atomic mass is 9.85. The molecule has 1 aromatic carbocycles. The first-order valence-corrected chi connectivity index (χ1v) is 6.93. The molecule has 21 heavy (non-hydrogen) atoms. The molecular weight excluding hydrogens is 283 g/mol. The first-order chi connectivity index (χ1) is 9.86. The van der Waals surface area contributed by atoms with E-state index in [0.29, 0.717) is 23.8 Å². The maximum atomic E-state index is 12.5. The van der Waals surface area contributed by atoms with Crippen LogP contribution in [0.5, 0.6) is 5.75 Å². The summed E-state index contributed by atoms with van der Waals surface area (Å²) in [5, 5.41) is 2.77. The molecule has 1 aliphatic carbocycles. The standard InChI is InChI=1S/C15H18F3NO2/c1-10-7-12(15(16,17)18)5-6-13(10)21-9-14(20)19-8-11-3-2-4-11/h5-7,11H,2-4,8-9H2,1H3,(H,19,20). The first kappa shape index (κ1) is 15.7. The van der Waals surface area contributed by atoms with E-state index in [9.17, 15) is 18.0 Å². The average molecular weight is 301 g/mol. The van der Waals surface area contributed by atoms with Crippen molar-refractivity contribution in [2.45, 2.75) is 32.4 Å². The molecule has 1 aromatic rings.